The molecule has 3 aromatic heterocycles. The lowest BCUT2D eigenvalue weighted by Crippen LogP contribution is -1.94. The van der Waals surface area contributed by atoms with E-state index in [2.05, 4.69) is 42.9 Å². The first kappa shape index (κ1) is 16.2. The molecule has 1 aromatic carbocycles. The lowest BCUT2D eigenvalue weighted by molar-refractivity contribution is 0.582. The van der Waals surface area contributed by atoms with Crippen LogP contribution in [0.25, 0.3) is 34.3 Å². The molecule has 0 N–H and O–H groups in total. The van der Waals surface area contributed by atoms with Gasteiger partial charge in [-0.2, -0.15) is 5.26 Å². The van der Waals surface area contributed by atoms with E-state index in [0.29, 0.717) is 22.7 Å². The molecule has 0 saturated carbocycles. The van der Waals surface area contributed by atoms with E-state index in [9.17, 15) is 5.26 Å². The summed E-state index contributed by atoms with van der Waals surface area (Å²) in [7, 11) is 0. The van der Waals surface area contributed by atoms with E-state index < -0.39 is 0 Å². The molecule has 4 aromatic rings. The van der Waals surface area contributed by atoms with Gasteiger partial charge < -0.3 is 4.42 Å². The molecule has 0 aliphatic heterocycles. The highest BCUT2D eigenvalue weighted by Crippen LogP contribution is 2.30. The number of nitrogens with zero attached hydrogens (tertiary/aromatic N) is 7. The van der Waals surface area contributed by atoms with Gasteiger partial charge in [0.15, 0.2) is 11.5 Å². The molecule has 0 unspecified atom stereocenters. The molecule has 0 atom stereocenters. The zero-order valence-corrected chi connectivity index (χ0v) is 13.9. The van der Waals surface area contributed by atoms with Gasteiger partial charge in [0.05, 0.1) is 23.5 Å². The van der Waals surface area contributed by atoms with Crippen LogP contribution in [-0.4, -0.2) is 31.9 Å². The Labute approximate surface area is 153 Å². The number of rotatable bonds is 4. The summed E-state index contributed by atoms with van der Waals surface area (Å²) in [6.07, 6.45) is 4.59. The Morgan fingerprint density at radius 2 is 1.85 bits per heavy atom. The van der Waals surface area contributed by atoms with Gasteiger partial charge in [0.25, 0.3) is 5.89 Å². The Balaban J connectivity index is 1.82. The maximum atomic E-state index is 9.30. The summed E-state index contributed by atoms with van der Waals surface area (Å²) in [5.41, 5.74) is 2.49. The van der Waals surface area contributed by atoms with Gasteiger partial charge in [0.1, 0.15) is 0 Å². The third-order valence-electron chi connectivity index (χ3n) is 3.77. The van der Waals surface area contributed by atoms with Crippen LogP contribution in [0.4, 0.5) is 5.82 Å². The van der Waals surface area contributed by atoms with Crippen molar-refractivity contribution < 1.29 is 4.42 Å². The highest BCUT2D eigenvalue weighted by atomic mass is 16.4. The van der Waals surface area contributed by atoms with Crippen LogP contribution < -0.4 is 0 Å². The van der Waals surface area contributed by atoms with Crippen LogP contribution in [0.5, 0.6) is 0 Å². The molecule has 3 heterocycles. The quantitative estimate of drug-likeness (QED) is 0.516. The number of hydrogen-bond acceptors (Lipinski definition) is 8. The Kier molecular flexibility index (Phi) is 4.17. The summed E-state index contributed by atoms with van der Waals surface area (Å²) in [4.78, 5) is 16.7. The molecule has 0 radical (unpaired) electrons. The highest BCUT2D eigenvalue weighted by Gasteiger charge is 2.18. The van der Waals surface area contributed by atoms with Crippen molar-refractivity contribution in [1.29, 1.82) is 5.26 Å². The largest absolute Gasteiger partial charge is 0.414 e. The molecule has 0 spiro atoms. The van der Waals surface area contributed by atoms with E-state index in [1.165, 1.54) is 6.20 Å². The lowest BCUT2D eigenvalue weighted by atomic mass is 10.1. The molecule has 8 nitrogen and oxygen atoms in total. The van der Waals surface area contributed by atoms with Crippen LogP contribution in [0, 0.1) is 11.3 Å². The lowest BCUT2D eigenvalue weighted by Gasteiger charge is -2.05. The van der Waals surface area contributed by atoms with E-state index in [-0.39, 0.29) is 17.4 Å². The van der Waals surface area contributed by atoms with Crippen molar-refractivity contribution in [3.63, 3.8) is 0 Å². The average Bonchev–Trinajstić information content (AvgIpc) is 3.24. The van der Waals surface area contributed by atoms with Gasteiger partial charge in [-0.25, -0.2) is 15.0 Å². The maximum Gasteiger partial charge on any atom is 0.270 e. The van der Waals surface area contributed by atoms with Crippen LogP contribution in [-0.2, 0) is 0 Å². The zero-order chi connectivity index (χ0) is 18.6. The minimum Gasteiger partial charge on any atom is -0.414 e. The van der Waals surface area contributed by atoms with Gasteiger partial charge >= 0.3 is 0 Å². The van der Waals surface area contributed by atoms with Crippen molar-refractivity contribution in [3.8, 4) is 40.4 Å². The van der Waals surface area contributed by atoms with Crippen molar-refractivity contribution >= 4 is 12.5 Å². The Morgan fingerprint density at radius 3 is 2.63 bits per heavy atom. The first-order chi connectivity index (χ1) is 13.3. The fourth-order valence-corrected chi connectivity index (χ4v) is 2.48. The van der Waals surface area contributed by atoms with Crippen molar-refractivity contribution in [1.82, 2.24) is 25.1 Å². The van der Waals surface area contributed by atoms with E-state index in [0.717, 1.165) is 5.56 Å². The predicted molar refractivity (Wildman–Crippen MR) is 97.9 cm³/mol. The fraction of sp³-hybridized carbons (Fsp3) is 0. The number of nitriles is 1. The molecule has 0 aliphatic carbocycles. The second-order valence-electron chi connectivity index (χ2n) is 5.40. The van der Waals surface area contributed by atoms with Gasteiger partial charge in [-0.1, -0.05) is 18.2 Å². The second-order valence-corrected chi connectivity index (χ2v) is 5.40. The number of aromatic nitrogens is 5. The number of pyridine rings is 1. The van der Waals surface area contributed by atoms with Crippen LogP contribution in [0.15, 0.2) is 64.4 Å². The number of aliphatic imine (C=N–C) groups is 1. The van der Waals surface area contributed by atoms with Crippen molar-refractivity contribution in [2.24, 2.45) is 4.99 Å². The third-order valence-corrected chi connectivity index (χ3v) is 3.77. The Bertz CT molecular complexity index is 1160. The van der Waals surface area contributed by atoms with E-state index in [1.54, 1.807) is 18.5 Å². The molecular formula is C19H11N7O. The van der Waals surface area contributed by atoms with Gasteiger partial charge in [-0.05, 0) is 24.9 Å². The van der Waals surface area contributed by atoms with E-state index in [1.807, 2.05) is 30.3 Å². The maximum absolute atomic E-state index is 9.30. The van der Waals surface area contributed by atoms with E-state index in [4.69, 9.17) is 4.42 Å². The summed E-state index contributed by atoms with van der Waals surface area (Å²) in [5, 5.41) is 17.4. The van der Waals surface area contributed by atoms with E-state index >= 15 is 0 Å². The molecule has 0 aliphatic rings. The standard InChI is InChI=1S/C19H11N7O/c1-21-17-16(19-26-25-18(27-19)12-5-3-2-4-6-12)24-15(11-23-17)14-10-22-8-7-13(14)9-20/h2-8,10-11H,1H2. The van der Waals surface area contributed by atoms with Gasteiger partial charge in [0, 0.05) is 23.5 Å². The highest BCUT2D eigenvalue weighted by molar-refractivity contribution is 5.72. The first-order valence-corrected chi connectivity index (χ1v) is 7.87. The predicted octanol–water partition coefficient (Wildman–Crippen LogP) is 3.46. The first-order valence-electron chi connectivity index (χ1n) is 7.87. The molecule has 128 valence electrons. The third kappa shape index (κ3) is 3.05. The minimum atomic E-state index is 0.160. The Morgan fingerprint density at radius 1 is 1.04 bits per heavy atom. The molecule has 0 saturated heterocycles. The van der Waals surface area contributed by atoms with Crippen molar-refractivity contribution in [2.75, 3.05) is 0 Å². The molecule has 0 amide bonds. The topological polar surface area (TPSA) is 114 Å². The molecule has 0 bridgehead atoms. The molecule has 4 rings (SSSR count). The Hall–Kier alpha value is -4.25. The second kappa shape index (κ2) is 6.93. The van der Waals surface area contributed by atoms with Gasteiger partial charge in [-0.15, -0.1) is 10.2 Å². The SMILES string of the molecule is C=Nc1ncc(-c2cnccc2C#N)nc1-c1nnc(-c2ccccc2)o1. The molecular weight excluding hydrogens is 342 g/mol. The number of hydrogen-bond donors (Lipinski definition) is 0. The summed E-state index contributed by atoms with van der Waals surface area (Å²) in [5.74, 6) is 0.768. The minimum absolute atomic E-state index is 0.160. The smallest absolute Gasteiger partial charge is 0.270 e. The van der Waals surface area contributed by atoms with Crippen LogP contribution in [0.1, 0.15) is 5.56 Å². The average molecular weight is 353 g/mol. The fourth-order valence-electron chi connectivity index (χ4n) is 2.48. The van der Waals surface area contributed by atoms with Gasteiger partial charge in [0.2, 0.25) is 5.89 Å². The summed E-state index contributed by atoms with van der Waals surface area (Å²) >= 11 is 0. The van der Waals surface area contributed by atoms with Crippen LogP contribution in [0.2, 0.25) is 0 Å². The van der Waals surface area contributed by atoms with Crippen LogP contribution >= 0.6 is 0 Å². The van der Waals surface area contributed by atoms with Crippen LogP contribution in [0.3, 0.4) is 0 Å². The summed E-state index contributed by atoms with van der Waals surface area (Å²) in [6.45, 7) is 3.51. The summed E-state index contributed by atoms with van der Waals surface area (Å²) in [6, 6.07) is 13.1. The van der Waals surface area contributed by atoms with Crippen molar-refractivity contribution in [2.45, 2.75) is 0 Å². The normalized spacial score (nSPS) is 10.3. The molecule has 0 fully saturated rings. The zero-order valence-electron chi connectivity index (χ0n) is 13.9. The van der Waals surface area contributed by atoms with Gasteiger partial charge in [-0.3, -0.25) is 4.98 Å². The summed E-state index contributed by atoms with van der Waals surface area (Å²) < 4.78 is 5.75. The molecule has 8 heteroatoms. The molecule has 27 heavy (non-hydrogen) atoms. The van der Waals surface area contributed by atoms with Crippen molar-refractivity contribution in [3.05, 3.63) is 60.6 Å². The number of benzene rings is 1. The monoisotopic (exact) mass is 353 g/mol.